The van der Waals surface area contributed by atoms with E-state index >= 15 is 0 Å². The number of anilines is 1. The Morgan fingerprint density at radius 3 is 2.81 bits per heavy atom. The van der Waals surface area contributed by atoms with Crippen molar-refractivity contribution in [3.05, 3.63) is 70.1 Å². The molecule has 2 heterocycles. The van der Waals surface area contributed by atoms with Gasteiger partial charge in [-0.25, -0.2) is 4.98 Å². The predicted molar refractivity (Wildman–Crippen MR) is 106 cm³/mol. The normalized spacial score (nSPS) is 11.0. The number of benzene rings is 2. The molecule has 0 saturated carbocycles. The van der Waals surface area contributed by atoms with E-state index in [2.05, 4.69) is 20.8 Å². The molecule has 0 spiro atoms. The van der Waals surface area contributed by atoms with Crippen LogP contribution in [-0.2, 0) is 6.54 Å². The minimum Gasteiger partial charge on any atom is -0.350 e. The van der Waals surface area contributed by atoms with E-state index in [9.17, 15) is 9.59 Å². The maximum Gasteiger partial charge on any atom is 0.286 e. The molecular formula is C20H19N5O2. The highest BCUT2D eigenvalue weighted by atomic mass is 16.2. The maximum absolute atomic E-state index is 12.6. The number of nitrogens with zero attached hydrogens (tertiary/aromatic N) is 2. The third-order valence-electron chi connectivity index (χ3n) is 4.49. The number of hydrogen-bond acceptors (Lipinski definition) is 4. The molecule has 27 heavy (non-hydrogen) atoms. The van der Waals surface area contributed by atoms with Crippen molar-refractivity contribution in [1.82, 2.24) is 20.0 Å². The Kier molecular flexibility index (Phi) is 4.12. The molecule has 0 aliphatic carbocycles. The molecule has 136 valence electrons. The highest BCUT2D eigenvalue weighted by Gasteiger charge is 2.13. The van der Waals surface area contributed by atoms with Crippen LogP contribution in [-0.4, -0.2) is 20.4 Å². The number of aromatic nitrogens is 3. The zero-order valence-electron chi connectivity index (χ0n) is 15.0. The quantitative estimate of drug-likeness (QED) is 0.487. The van der Waals surface area contributed by atoms with Gasteiger partial charge in [-0.1, -0.05) is 24.3 Å². The number of hydrazine groups is 1. The second kappa shape index (κ2) is 6.60. The number of carbonyl (C=O) groups excluding carboxylic acids is 1. The zero-order valence-corrected chi connectivity index (χ0v) is 15.0. The van der Waals surface area contributed by atoms with E-state index < -0.39 is 0 Å². The first kappa shape index (κ1) is 16.8. The largest absolute Gasteiger partial charge is 0.350 e. The van der Waals surface area contributed by atoms with Gasteiger partial charge in [-0.05, 0) is 43.7 Å². The first-order chi connectivity index (χ1) is 13.1. The van der Waals surface area contributed by atoms with Gasteiger partial charge in [0.2, 0.25) is 5.95 Å². The lowest BCUT2D eigenvalue weighted by Crippen LogP contribution is -2.34. The van der Waals surface area contributed by atoms with E-state index in [0.29, 0.717) is 29.1 Å². The second-order valence-electron chi connectivity index (χ2n) is 6.35. The van der Waals surface area contributed by atoms with Crippen molar-refractivity contribution in [2.24, 2.45) is 0 Å². The van der Waals surface area contributed by atoms with Crippen molar-refractivity contribution in [2.45, 2.75) is 20.4 Å². The topological polar surface area (TPSA) is 91.8 Å². The summed E-state index contributed by atoms with van der Waals surface area (Å²) < 4.78 is 1.48. The van der Waals surface area contributed by atoms with Crippen molar-refractivity contribution in [2.75, 3.05) is 5.43 Å². The summed E-state index contributed by atoms with van der Waals surface area (Å²) in [4.78, 5) is 32.7. The Bertz CT molecular complexity index is 1220. The van der Waals surface area contributed by atoms with Gasteiger partial charge in [0.05, 0.1) is 10.9 Å². The number of carbonyl (C=O) groups is 1. The Hall–Kier alpha value is -3.61. The molecule has 0 saturated heterocycles. The molecule has 1 amide bonds. The van der Waals surface area contributed by atoms with E-state index in [1.165, 1.54) is 4.57 Å². The fraction of sp³-hybridized carbons (Fsp3) is 0.150. The summed E-state index contributed by atoms with van der Waals surface area (Å²) in [7, 11) is 0. The predicted octanol–water partition coefficient (Wildman–Crippen LogP) is 2.96. The van der Waals surface area contributed by atoms with E-state index in [4.69, 9.17) is 0 Å². The van der Waals surface area contributed by atoms with Gasteiger partial charge in [0.1, 0.15) is 5.69 Å². The summed E-state index contributed by atoms with van der Waals surface area (Å²) in [5, 5.41) is 1.50. The summed E-state index contributed by atoms with van der Waals surface area (Å²) >= 11 is 0. The lowest BCUT2D eigenvalue weighted by molar-refractivity contribution is 0.0958. The smallest absolute Gasteiger partial charge is 0.286 e. The number of nitrogens with one attached hydrogen (secondary N) is 3. The molecule has 0 fully saturated rings. The lowest BCUT2D eigenvalue weighted by atomic mass is 10.2. The number of hydrogen-bond donors (Lipinski definition) is 3. The molecular weight excluding hydrogens is 342 g/mol. The number of H-pyrrole nitrogens is 1. The molecule has 4 rings (SSSR count). The van der Waals surface area contributed by atoms with E-state index in [0.717, 1.165) is 16.5 Å². The van der Waals surface area contributed by atoms with Crippen LogP contribution in [0.3, 0.4) is 0 Å². The molecule has 7 nitrogen and oxygen atoms in total. The van der Waals surface area contributed by atoms with Gasteiger partial charge in [-0.15, -0.1) is 0 Å². The van der Waals surface area contributed by atoms with Crippen molar-refractivity contribution >= 4 is 33.7 Å². The van der Waals surface area contributed by atoms with Crippen molar-refractivity contribution in [1.29, 1.82) is 0 Å². The lowest BCUT2D eigenvalue weighted by Gasteiger charge is -2.13. The molecule has 0 aliphatic heterocycles. The van der Waals surface area contributed by atoms with Crippen LogP contribution in [0.15, 0.2) is 53.3 Å². The van der Waals surface area contributed by atoms with Gasteiger partial charge < -0.3 is 4.98 Å². The fourth-order valence-electron chi connectivity index (χ4n) is 3.10. The summed E-state index contributed by atoms with van der Waals surface area (Å²) in [6.07, 6.45) is 0. The minimum atomic E-state index is -0.339. The number of amides is 1. The Labute approximate surface area is 155 Å². The van der Waals surface area contributed by atoms with Crippen LogP contribution in [0.5, 0.6) is 0 Å². The Balaban J connectivity index is 1.62. The average Bonchev–Trinajstić information content (AvgIpc) is 3.09. The van der Waals surface area contributed by atoms with Crippen LogP contribution in [0.1, 0.15) is 23.0 Å². The van der Waals surface area contributed by atoms with E-state index in [1.807, 2.05) is 38.1 Å². The third-order valence-corrected chi connectivity index (χ3v) is 4.49. The fourth-order valence-corrected chi connectivity index (χ4v) is 3.10. The monoisotopic (exact) mass is 361 g/mol. The van der Waals surface area contributed by atoms with Gasteiger partial charge in [-0.3, -0.25) is 25.0 Å². The van der Waals surface area contributed by atoms with Crippen molar-refractivity contribution in [3.63, 3.8) is 0 Å². The number of para-hydroxylation sites is 1. The summed E-state index contributed by atoms with van der Waals surface area (Å²) in [5.74, 6) is -0.0459. The highest BCUT2D eigenvalue weighted by molar-refractivity contribution is 5.98. The van der Waals surface area contributed by atoms with Gasteiger partial charge in [0.15, 0.2) is 0 Å². The molecule has 2 aromatic heterocycles. The number of aryl methyl sites for hydroxylation is 1. The molecule has 0 atom stereocenters. The molecule has 3 N–H and O–H groups in total. The number of rotatable bonds is 4. The second-order valence-corrected chi connectivity index (χ2v) is 6.35. The highest BCUT2D eigenvalue weighted by Crippen LogP contribution is 2.17. The molecule has 0 unspecified atom stereocenters. The molecule has 7 heteroatoms. The van der Waals surface area contributed by atoms with Crippen LogP contribution in [0.25, 0.3) is 21.8 Å². The van der Waals surface area contributed by atoms with Crippen LogP contribution in [0.4, 0.5) is 5.95 Å². The minimum absolute atomic E-state index is 0.152. The molecule has 0 radical (unpaired) electrons. The van der Waals surface area contributed by atoms with Gasteiger partial charge >= 0.3 is 0 Å². The summed E-state index contributed by atoms with van der Waals surface area (Å²) in [6, 6.07) is 14.9. The van der Waals surface area contributed by atoms with Gasteiger partial charge in [0.25, 0.3) is 11.5 Å². The van der Waals surface area contributed by atoms with Crippen LogP contribution >= 0.6 is 0 Å². The van der Waals surface area contributed by atoms with Crippen molar-refractivity contribution < 1.29 is 4.79 Å². The summed E-state index contributed by atoms with van der Waals surface area (Å²) in [6.45, 7) is 4.28. The number of aromatic amines is 1. The van der Waals surface area contributed by atoms with Crippen molar-refractivity contribution in [3.8, 4) is 0 Å². The molecule has 2 aromatic carbocycles. The maximum atomic E-state index is 12.6. The average molecular weight is 361 g/mol. The Morgan fingerprint density at radius 1 is 1.19 bits per heavy atom. The van der Waals surface area contributed by atoms with E-state index in [1.54, 1.807) is 24.3 Å². The van der Waals surface area contributed by atoms with Gasteiger partial charge in [-0.2, -0.15) is 0 Å². The van der Waals surface area contributed by atoms with Crippen LogP contribution in [0.2, 0.25) is 0 Å². The number of fused-ring (bicyclic) bond motifs is 2. The molecule has 0 bridgehead atoms. The first-order valence-corrected chi connectivity index (χ1v) is 8.72. The third kappa shape index (κ3) is 3.03. The van der Waals surface area contributed by atoms with Crippen LogP contribution in [0, 0.1) is 6.92 Å². The van der Waals surface area contributed by atoms with Crippen LogP contribution < -0.4 is 16.4 Å². The van der Waals surface area contributed by atoms with Gasteiger partial charge in [0, 0.05) is 17.4 Å². The SMILES string of the molecule is CCn1c(NNC(=O)c2cc3ccc(C)cc3[nH]2)nc2ccccc2c1=O. The zero-order chi connectivity index (χ0) is 19.0. The molecule has 4 aromatic rings. The standard InChI is InChI=1S/C20H19N5O2/c1-3-25-19(27)14-6-4-5-7-15(14)22-20(25)24-23-18(26)17-11-13-9-8-12(2)10-16(13)21-17/h4-11,21H,3H2,1-2H3,(H,22,24)(H,23,26). The molecule has 0 aliphatic rings. The van der Waals surface area contributed by atoms with E-state index in [-0.39, 0.29) is 11.5 Å². The first-order valence-electron chi connectivity index (χ1n) is 8.72. The Morgan fingerprint density at radius 2 is 2.00 bits per heavy atom. The summed E-state index contributed by atoms with van der Waals surface area (Å²) in [5.41, 5.74) is 8.26.